The van der Waals surface area contributed by atoms with E-state index in [2.05, 4.69) is 10.6 Å². The SMILES string of the molecule is Cc1ccc(C2CNCCN2)o1. The van der Waals surface area contributed by atoms with Crippen LogP contribution in [0.4, 0.5) is 0 Å². The molecule has 0 saturated carbocycles. The first kappa shape index (κ1) is 7.83. The number of furan rings is 1. The third kappa shape index (κ3) is 1.52. The second kappa shape index (κ2) is 3.29. The fourth-order valence-electron chi connectivity index (χ4n) is 1.50. The van der Waals surface area contributed by atoms with Crippen LogP contribution in [0.15, 0.2) is 16.5 Å². The normalized spacial score (nSPS) is 24.2. The molecular weight excluding hydrogens is 152 g/mol. The molecule has 1 fully saturated rings. The first-order valence-corrected chi connectivity index (χ1v) is 4.37. The maximum atomic E-state index is 5.52. The van der Waals surface area contributed by atoms with Gasteiger partial charge in [-0.15, -0.1) is 0 Å². The molecule has 1 aromatic heterocycles. The van der Waals surface area contributed by atoms with Gasteiger partial charge in [-0.25, -0.2) is 0 Å². The molecule has 3 nitrogen and oxygen atoms in total. The van der Waals surface area contributed by atoms with E-state index in [4.69, 9.17) is 4.42 Å². The van der Waals surface area contributed by atoms with Crippen molar-refractivity contribution in [2.75, 3.05) is 19.6 Å². The summed E-state index contributed by atoms with van der Waals surface area (Å²) < 4.78 is 5.52. The quantitative estimate of drug-likeness (QED) is 0.648. The van der Waals surface area contributed by atoms with Gasteiger partial charge in [0.25, 0.3) is 0 Å². The molecule has 1 unspecified atom stereocenters. The lowest BCUT2D eigenvalue weighted by atomic mass is 10.2. The van der Waals surface area contributed by atoms with Crippen molar-refractivity contribution in [3.05, 3.63) is 23.7 Å². The Morgan fingerprint density at radius 1 is 1.42 bits per heavy atom. The molecule has 0 bridgehead atoms. The van der Waals surface area contributed by atoms with Gasteiger partial charge >= 0.3 is 0 Å². The number of piperazine rings is 1. The molecule has 1 saturated heterocycles. The third-order valence-electron chi connectivity index (χ3n) is 2.15. The van der Waals surface area contributed by atoms with Crippen molar-refractivity contribution >= 4 is 0 Å². The smallest absolute Gasteiger partial charge is 0.122 e. The van der Waals surface area contributed by atoms with Crippen molar-refractivity contribution in [3.8, 4) is 0 Å². The molecule has 0 radical (unpaired) electrons. The van der Waals surface area contributed by atoms with Gasteiger partial charge in [0.05, 0.1) is 6.04 Å². The van der Waals surface area contributed by atoms with Crippen molar-refractivity contribution in [1.82, 2.24) is 10.6 Å². The number of nitrogens with one attached hydrogen (secondary N) is 2. The van der Waals surface area contributed by atoms with Crippen LogP contribution in [0.3, 0.4) is 0 Å². The van der Waals surface area contributed by atoms with Gasteiger partial charge in [-0.05, 0) is 19.1 Å². The summed E-state index contributed by atoms with van der Waals surface area (Å²) in [6, 6.07) is 4.40. The van der Waals surface area contributed by atoms with Crippen LogP contribution >= 0.6 is 0 Å². The Hall–Kier alpha value is -0.800. The Morgan fingerprint density at radius 3 is 2.92 bits per heavy atom. The molecule has 0 aromatic carbocycles. The van der Waals surface area contributed by atoms with E-state index in [0.29, 0.717) is 6.04 Å². The van der Waals surface area contributed by atoms with Crippen molar-refractivity contribution in [2.45, 2.75) is 13.0 Å². The zero-order chi connectivity index (χ0) is 8.39. The van der Waals surface area contributed by atoms with E-state index in [1.54, 1.807) is 0 Å². The summed E-state index contributed by atoms with van der Waals surface area (Å²) in [6.07, 6.45) is 0. The number of rotatable bonds is 1. The molecule has 3 heteroatoms. The molecule has 0 aliphatic carbocycles. The van der Waals surface area contributed by atoms with Crippen LogP contribution in [0.25, 0.3) is 0 Å². The summed E-state index contributed by atoms with van der Waals surface area (Å²) in [5.41, 5.74) is 0. The van der Waals surface area contributed by atoms with E-state index in [1.807, 2.05) is 19.1 Å². The van der Waals surface area contributed by atoms with E-state index in [9.17, 15) is 0 Å². The number of aryl methyl sites for hydroxylation is 1. The molecule has 0 amide bonds. The van der Waals surface area contributed by atoms with Gasteiger partial charge in [-0.2, -0.15) is 0 Å². The highest BCUT2D eigenvalue weighted by Crippen LogP contribution is 2.16. The second-order valence-electron chi connectivity index (χ2n) is 3.16. The summed E-state index contributed by atoms with van der Waals surface area (Å²) in [4.78, 5) is 0. The highest BCUT2D eigenvalue weighted by atomic mass is 16.3. The maximum Gasteiger partial charge on any atom is 0.122 e. The molecule has 1 aromatic rings. The Kier molecular flexibility index (Phi) is 2.15. The van der Waals surface area contributed by atoms with Crippen LogP contribution in [-0.2, 0) is 0 Å². The fourth-order valence-corrected chi connectivity index (χ4v) is 1.50. The van der Waals surface area contributed by atoms with E-state index >= 15 is 0 Å². The average molecular weight is 166 g/mol. The van der Waals surface area contributed by atoms with Crippen molar-refractivity contribution < 1.29 is 4.42 Å². The van der Waals surface area contributed by atoms with Gasteiger partial charge in [0, 0.05) is 19.6 Å². The van der Waals surface area contributed by atoms with Crippen LogP contribution < -0.4 is 10.6 Å². The lowest BCUT2D eigenvalue weighted by Gasteiger charge is -2.22. The fraction of sp³-hybridized carbons (Fsp3) is 0.556. The number of hydrogen-bond donors (Lipinski definition) is 2. The van der Waals surface area contributed by atoms with Gasteiger partial charge < -0.3 is 15.1 Å². The van der Waals surface area contributed by atoms with Crippen LogP contribution in [0.1, 0.15) is 17.6 Å². The molecule has 2 N–H and O–H groups in total. The molecule has 2 rings (SSSR count). The molecule has 12 heavy (non-hydrogen) atoms. The third-order valence-corrected chi connectivity index (χ3v) is 2.15. The Morgan fingerprint density at radius 2 is 2.33 bits per heavy atom. The Bertz CT molecular complexity index is 251. The number of hydrogen-bond acceptors (Lipinski definition) is 3. The topological polar surface area (TPSA) is 37.2 Å². The average Bonchev–Trinajstić information content (AvgIpc) is 2.54. The highest BCUT2D eigenvalue weighted by Gasteiger charge is 2.16. The Labute approximate surface area is 72.1 Å². The zero-order valence-corrected chi connectivity index (χ0v) is 7.26. The first-order chi connectivity index (χ1) is 5.86. The van der Waals surface area contributed by atoms with Crippen molar-refractivity contribution in [3.63, 3.8) is 0 Å². The van der Waals surface area contributed by atoms with E-state index in [1.165, 1.54) is 0 Å². The van der Waals surface area contributed by atoms with Gasteiger partial charge in [0.1, 0.15) is 11.5 Å². The lowest BCUT2D eigenvalue weighted by Crippen LogP contribution is -2.42. The molecule has 1 aliphatic rings. The molecule has 1 atom stereocenters. The Balaban J connectivity index is 2.08. The van der Waals surface area contributed by atoms with Crippen LogP contribution in [0.5, 0.6) is 0 Å². The van der Waals surface area contributed by atoms with Gasteiger partial charge in [0.2, 0.25) is 0 Å². The van der Waals surface area contributed by atoms with E-state index in [-0.39, 0.29) is 0 Å². The van der Waals surface area contributed by atoms with Crippen LogP contribution in [0.2, 0.25) is 0 Å². The standard InChI is InChI=1S/C9H14N2O/c1-7-2-3-9(12-7)8-6-10-4-5-11-8/h2-3,8,10-11H,4-6H2,1H3. The monoisotopic (exact) mass is 166 g/mol. The van der Waals surface area contributed by atoms with Crippen molar-refractivity contribution in [2.24, 2.45) is 0 Å². The van der Waals surface area contributed by atoms with Crippen LogP contribution in [0, 0.1) is 6.92 Å². The summed E-state index contributed by atoms with van der Waals surface area (Å²) in [5, 5.41) is 6.71. The first-order valence-electron chi connectivity index (χ1n) is 4.37. The highest BCUT2D eigenvalue weighted by molar-refractivity contribution is 5.10. The summed E-state index contributed by atoms with van der Waals surface area (Å²) in [7, 11) is 0. The minimum Gasteiger partial charge on any atom is -0.465 e. The van der Waals surface area contributed by atoms with Gasteiger partial charge in [-0.3, -0.25) is 0 Å². The summed E-state index contributed by atoms with van der Waals surface area (Å²) in [5.74, 6) is 2.03. The zero-order valence-electron chi connectivity index (χ0n) is 7.26. The predicted molar refractivity (Wildman–Crippen MR) is 47.1 cm³/mol. The largest absolute Gasteiger partial charge is 0.465 e. The molecule has 0 spiro atoms. The molecule has 1 aliphatic heterocycles. The molecule has 66 valence electrons. The molecule has 2 heterocycles. The molecular formula is C9H14N2O. The van der Waals surface area contributed by atoms with E-state index in [0.717, 1.165) is 31.2 Å². The minimum atomic E-state index is 0.354. The minimum absolute atomic E-state index is 0.354. The maximum absolute atomic E-state index is 5.52. The second-order valence-corrected chi connectivity index (χ2v) is 3.16. The van der Waals surface area contributed by atoms with Gasteiger partial charge in [-0.1, -0.05) is 0 Å². The predicted octanol–water partition coefficient (Wildman–Crippen LogP) is 0.822. The van der Waals surface area contributed by atoms with Crippen molar-refractivity contribution in [1.29, 1.82) is 0 Å². The summed E-state index contributed by atoms with van der Waals surface area (Å²) in [6.45, 7) is 5.01. The van der Waals surface area contributed by atoms with Crippen LogP contribution in [-0.4, -0.2) is 19.6 Å². The lowest BCUT2D eigenvalue weighted by molar-refractivity contribution is 0.356. The van der Waals surface area contributed by atoms with Gasteiger partial charge in [0.15, 0.2) is 0 Å². The van der Waals surface area contributed by atoms with E-state index < -0.39 is 0 Å². The summed E-state index contributed by atoms with van der Waals surface area (Å²) >= 11 is 0.